The summed E-state index contributed by atoms with van der Waals surface area (Å²) in [5, 5.41) is 1.67. The number of pyridine rings is 1. The molecule has 6 heteroatoms. The molecule has 0 fully saturated rings. The molecule has 1 aromatic carbocycles. The summed E-state index contributed by atoms with van der Waals surface area (Å²) in [7, 11) is 0. The number of rotatable bonds is 7. The van der Waals surface area contributed by atoms with Crippen molar-refractivity contribution < 1.29 is 0 Å². The highest BCUT2D eigenvalue weighted by molar-refractivity contribution is 8.00. The van der Waals surface area contributed by atoms with Crippen LogP contribution in [-0.4, -0.2) is 19.3 Å². The SMILES string of the molecule is CCCC(C)Sc1ccnc(SCc2nc3ccccc3n2Cl)c1C. The summed E-state index contributed by atoms with van der Waals surface area (Å²) >= 11 is 10.0. The summed E-state index contributed by atoms with van der Waals surface area (Å²) in [6.07, 6.45) is 4.34. The molecule has 3 nitrogen and oxygen atoms in total. The molecule has 0 N–H and O–H groups in total. The normalized spacial score (nSPS) is 12.6. The van der Waals surface area contributed by atoms with E-state index in [0.29, 0.717) is 11.0 Å². The molecule has 0 spiro atoms. The van der Waals surface area contributed by atoms with E-state index in [1.54, 1.807) is 15.8 Å². The molecule has 1 unspecified atom stereocenters. The average molecular weight is 392 g/mol. The smallest absolute Gasteiger partial charge is 0.135 e. The molecule has 1 atom stereocenters. The second-order valence-corrected chi connectivity index (χ2v) is 8.83. The van der Waals surface area contributed by atoms with E-state index in [9.17, 15) is 0 Å². The molecule has 3 rings (SSSR count). The van der Waals surface area contributed by atoms with E-state index >= 15 is 0 Å². The first-order valence-corrected chi connectivity index (χ1v) is 10.7. The van der Waals surface area contributed by atoms with Crippen molar-refractivity contribution in [3.8, 4) is 0 Å². The van der Waals surface area contributed by atoms with Crippen molar-refractivity contribution in [2.45, 2.75) is 54.5 Å². The molecule has 3 aromatic rings. The van der Waals surface area contributed by atoms with Crippen LogP contribution in [0.3, 0.4) is 0 Å². The van der Waals surface area contributed by atoms with Crippen LogP contribution in [0.4, 0.5) is 0 Å². The fourth-order valence-corrected chi connectivity index (χ4v) is 5.22. The van der Waals surface area contributed by atoms with Gasteiger partial charge in [-0.15, -0.1) is 11.8 Å². The lowest BCUT2D eigenvalue weighted by molar-refractivity contribution is 0.786. The number of thioether (sulfide) groups is 2. The molecule has 0 aliphatic rings. The number of fused-ring (bicyclic) bond motifs is 1. The van der Waals surface area contributed by atoms with Crippen LogP contribution in [0.1, 0.15) is 38.1 Å². The van der Waals surface area contributed by atoms with Gasteiger partial charge in [-0.2, -0.15) is 0 Å². The molecule has 0 amide bonds. The molecule has 0 aliphatic carbocycles. The van der Waals surface area contributed by atoms with Crippen molar-refractivity contribution >= 4 is 46.3 Å². The van der Waals surface area contributed by atoms with Crippen LogP contribution in [0.5, 0.6) is 0 Å². The highest BCUT2D eigenvalue weighted by Gasteiger charge is 2.13. The van der Waals surface area contributed by atoms with E-state index in [1.165, 1.54) is 23.3 Å². The molecule has 132 valence electrons. The van der Waals surface area contributed by atoms with Gasteiger partial charge < -0.3 is 0 Å². The first-order valence-electron chi connectivity index (χ1n) is 8.47. The van der Waals surface area contributed by atoms with Crippen LogP contribution in [0.15, 0.2) is 46.5 Å². The third-order valence-corrected chi connectivity index (χ3v) is 6.84. The van der Waals surface area contributed by atoms with Crippen LogP contribution < -0.4 is 0 Å². The summed E-state index contributed by atoms with van der Waals surface area (Å²) in [5.41, 5.74) is 3.12. The standard InChI is InChI=1S/C19H22ClN3S2/c1-4-7-13(2)25-17-10-11-21-19(14(17)3)24-12-18-22-15-8-5-6-9-16(15)23(18)20/h5-6,8-11,13H,4,7,12H2,1-3H3. The van der Waals surface area contributed by atoms with Gasteiger partial charge in [0.05, 0.1) is 16.8 Å². The zero-order chi connectivity index (χ0) is 17.8. The molecule has 2 heterocycles. The zero-order valence-corrected chi connectivity index (χ0v) is 17.1. The Balaban J connectivity index is 1.75. The molecule has 0 bridgehead atoms. The highest BCUT2D eigenvalue weighted by Crippen LogP contribution is 2.34. The van der Waals surface area contributed by atoms with Gasteiger partial charge in [-0.3, -0.25) is 0 Å². The fraction of sp³-hybridized carbons (Fsp3) is 0.368. The van der Waals surface area contributed by atoms with E-state index in [-0.39, 0.29) is 0 Å². The Kier molecular flexibility index (Phi) is 6.31. The van der Waals surface area contributed by atoms with Crippen LogP contribution in [-0.2, 0) is 5.75 Å². The van der Waals surface area contributed by atoms with Gasteiger partial charge in [0.15, 0.2) is 0 Å². The predicted octanol–water partition coefficient (Wildman–Crippen LogP) is 6.31. The van der Waals surface area contributed by atoms with Gasteiger partial charge >= 0.3 is 0 Å². The molecule has 0 saturated carbocycles. The van der Waals surface area contributed by atoms with Crippen molar-refractivity contribution in [1.29, 1.82) is 0 Å². The first-order chi connectivity index (χ1) is 12.1. The monoisotopic (exact) mass is 391 g/mol. The molecular weight excluding hydrogens is 370 g/mol. The summed E-state index contributed by atoms with van der Waals surface area (Å²) < 4.78 is 1.65. The topological polar surface area (TPSA) is 30.7 Å². The average Bonchev–Trinajstić information content (AvgIpc) is 2.92. The maximum atomic E-state index is 6.41. The van der Waals surface area contributed by atoms with Crippen molar-refractivity contribution in [2.75, 3.05) is 0 Å². The Morgan fingerprint density at radius 3 is 2.80 bits per heavy atom. The summed E-state index contributed by atoms with van der Waals surface area (Å²) in [6.45, 7) is 6.67. The van der Waals surface area contributed by atoms with Crippen LogP contribution in [0, 0.1) is 6.92 Å². The summed E-state index contributed by atoms with van der Waals surface area (Å²) in [4.78, 5) is 10.5. The Morgan fingerprint density at radius 1 is 1.24 bits per heavy atom. The largest absolute Gasteiger partial charge is 0.250 e. The lowest BCUT2D eigenvalue weighted by atomic mass is 10.3. The Bertz CT molecular complexity index is 863. The minimum Gasteiger partial charge on any atom is -0.250 e. The highest BCUT2D eigenvalue weighted by atomic mass is 35.5. The lowest BCUT2D eigenvalue weighted by Gasteiger charge is -2.13. The number of hydrogen-bond donors (Lipinski definition) is 0. The number of benzene rings is 1. The van der Waals surface area contributed by atoms with Gasteiger partial charge in [-0.25, -0.2) is 14.1 Å². The van der Waals surface area contributed by atoms with Crippen molar-refractivity contribution in [1.82, 2.24) is 14.1 Å². The Morgan fingerprint density at radius 2 is 2.04 bits per heavy atom. The van der Waals surface area contributed by atoms with E-state index in [0.717, 1.165) is 21.9 Å². The molecule has 0 aliphatic heterocycles. The van der Waals surface area contributed by atoms with E-state index in [1.807, 2.05) is 42.2 Å². The van der Waals surface area contributed by atoms with Gasteiger partial charge in [0.2, 0.25) is 0 Å². The van der Waals surface area contributed by atoms with Crippen molar-refractivity contribution in [3.05, 3.63) is 47.9 Å². The molecule has 25 heavy (non-hydrogen) atoms. The Hall–Kier alpha value is -1.17. The number of para-hydroxylation sites is 2. The van der Waals surface area contributed by atoms with Crippen molar-refractivity contribution in [3.63, 3.8) is 0 Å². The number of hydrogen-bond acceptors (Lipinski definition) is 4. The van der Waals surface area contributed by atoms with Crippen LogP contribution in [0.2, 0.25) is 0 Å². The van der Waals surface area contributed by atoms with Gasteiger partial charge in [-0.05, 0) is 37.1 Å². The quantitative estimate of drug-likeness (QED) is 0.441. The molecule has 2 aromatic heterocycles. The lowest BCUT2D eigenvalue weighted by Crippen LogP contribution is -1.97. The van der Waals surface area contributed by atoms with Gasteiger partial charge in [-0.1, -0.05) is 44.2 Å². The predicted molar refractivity (Wildman–Crippen MR) is 110 cm³/mol. The van der Waals surface area contributed by atoms with Crippen LogP contribution >= 0.6 is 35.3 Å². The van der Waals surface area contributed by atoms with E-state index in [2.05, 4.69) is 36.8 Å². The van der Waals surface area contributed by atoms with Gasteiger partial charge in [0.1, 0.15) is 10.9 Å². The van der Waals surface area contributed by atoms with Gasteiger partial charge in [0.25, 0.3) is 0 Å². The second kappa shape index (κ2) is 8.47. The van der Waals surface area contributed by atoms with E-state index in [4.69, 9.17) is 11.8 Å². The number of halogens is 1. The Labute approximate surface area is 162 Å². The maximum absolute atomic E-state index is 6.41. The summed E-state index contributed by atoms with van der Waals surface area (Å²) in [5.74, 6) is 1.55. The minimum absolute atomic E-state index is 0.621. The number of aromatic nitrogens is 3. The van der Waals surface area contributed by atoms with Crippen LogP contribution in [0.25, 0.3) is 11.0 Å². The van der Waals surface area contributed by atoms with Gasteiger partial charge in [0, 0.05) is 28.1 Å². The fourth-order valence-electron chi connectivity index (χ4n) is 2.72. The molecule has 0 radical (unpaired) electrons. The third-order valence-electron chi connectivity index (χ3n) is 4.04. The molecule has 0 saturated heterocycles. The molecular formula is C19H22ClN3S2. The third kappa shape index (κ3) is 4.33. The minimum atomic E-state index is 0.621. The summed E-state index contributed by atoms with van der Waals surface area (Å²) in [6, 6.07) is 10.0. The first kappa shape index (κ1) is 18.6. The maximum Gasteiger partial charge on any atom is 0.135 e. The van der Waals surface area contributed by atoms with E-state index < -0.39 is 0 Å². The second-order valence-electron chi connectivity index (χ2n) is 6.04. The number of imidazole rings is 1. The number of nitrogens with zero attached hydrogens (tertiary/aromatic N) is 3. The zero-order valence-electron chi connectivity index (χ0n) is 14.7. The van der Waals surface area contributed by atoms with Crippen molar-refractivity contribution in [2.24, 2.45) is 0 Å².